The van der Waals surface area contributed by atoms with E-state index in [1.807, 2.05) is 0 Å². The molecule has 1 aromatic carbocycles. The van der Waals surface area contributed by atoms with Crippen molar-refractivity contribution in [2.45, 2.75) is 77.6 Å². The van der Waals surface area contributed by atoms with Gasteiger partial charge in [-0.05, 0) is 66.2 Å². The number of carbonyl (C=O) groups excluding carboxylic acids is 3. The van der Waals surface area contributed by atoms with Gasteiger partial charge in [-0.1, -0.05) is 12.1 Å². The van der Waals surface area contributed by atoms with Crippen molar-refractivity contribution in [2.75, 3.05) is 7.11 Å². The summed E-state index contributed by atoms with van der Waals surface area (Å²) in [5.41, 5.74) is -2.82. The second-order valence-corrected chi connectivity index (χ2v) is 10.3. The number of aliphatic hydroxyl groups is 1. The van der Waals surface area contributed by atoms with Crippen LogP contribution in [0.15, 0.2) is 24.3 Å². The van der Waals surface area contributed by atoms with Gasteiger partial charge in [0.15, 0.2) is 5.78 Å². The van der Waals surface area contributed by atoms with Gasteiger partial charge in [0.25, 0.3) is 0 Å². The van der Waals surface area contributed by atoms with Gasteiger partial charge in [-0.3, -0.25) is 14.4 Å². The highest BCUT2D eigenvalue weighted by Crippen LogP contribution is 2.47. The number of methoxy groups -OCH3 is 1. The van der Waals surface area contributed by atoms with Crippen LogP contribution in [-0.4, -0.2) is 46.7 Å². The number of ether oxygens (including phenoxy) is 3. The van der Waals surface area contributed by atoms with E-state index >= 15 is 0 Å². The molecule has 0 saturated heterocycles. The average molecular weight is 435 g/mol. The van der Waals surface area contributed by atoms with E-state index in [1.165, 1.54) is 14.0 Å². The van der Waals surface area contributed by atoms with Crippen molar-refractivity contribution in [1.82, 2.24) is 0 Å². The van der Waals surface area contributed by atoms with E-state index in [-0.39, 0.29) is 6.42 Å². The third kappa shape index (κ3) is 6.06. The van der Waals surface area contributed by atoms with Crippen LogP contribution < -0.4 is 4.74 Å². The first kappa shape index (κ1) is 24.9. The quantitative estimate of drug-likeness (QED) is 0.573. The van der Waals surface area contributed by atoms with Crippen LogP contribution in [0.4, 0.5) is 0 Å². The average Bonchev–Trinajstić information content (AvgIpc) is 2.56. The van der Waals surface area contributed by atoms with Crippen LogP contribution in [-0.2, 0) is 23.9 Å². The van der Waals surface area contributed by atoms with Crippen LogP contribution in [0.2, 0.25) is 0 Å². The van der Waals surface area contributed by atoms with Crippen LogP contribution in [0.5, 0.6) is 5.75 Å². The Balaban J connectivity index is 2.66. The van der Waals surface area contributed by atoms with E-state index in [4.69, 9.17) is 14.2 Å². The molecule has 172 valence electrons. The first-order valence-electron chi connectivity index (χ1n) is 10.4. The Morgan fingerprint density at radius 2 is 1.58 bits per heavy atom. The minimum Gasteiger partial charge on any atom is -0.497 e. The summed E-state index contributed by atoms with van der Waals surface area (Å²) in [5.74, 6) is -4.78. The number of hydrogen-bond donors (Lipinski definition) is 1. The van der Waals surface area contributed by atoms with Crippen molar-refractivity contribution < 1.29 is 33.7 Å². The fourth-order valence-corrected chi connectivity index (χ4v) is 4.00. The molecule has 2 rings (SSSR count). The Morgan fingerprint density at radius 1 is 1.03 bits per heavy atom. The molecule has 0 amide bonds. The van der Waals surface area contributed by atoms with E-state index in [2.05, 4.69) is 0 Å². The van der Waals surface area contributed by atoms with Gasteiger partial charge in [-0.2, -0.15) is 0 Å². The highest BCUT2D eigenvalue weighted by atomic mass is 16.6. The third-order valence-corrected chi connectivity index (χ3v) is 5.07. The van der Waals surface area contributed by atoms with Gasteiger partial charge >= 0.3 is 11.9 Å². The summed E-state index contributed by atoms with van der Waals surface area (Å²) in [6.45, 7) is 11.7. The lowest BCUT2D eigenvalue weighted by molar-refractivity contribution is -0.182. The molecule has 1 aliphatic carbocycles. The number of hydrogen-bond acceptors (Lipinski definition) is 7. The van der Waals surface area contributed by atoms with Crippen LogP contribution in [0.25, 0.3) is 0 Å². The maximum absolute atomic E-state index is 13.3. The Bertz CT molecular complexity index is 842. The Labute approximate surface area is 184 Å². The fourth-order valence-electron chi connectivity index (χ4n) is 4.00. The maximum atomic E-state index is 13.3. The van der Waals surface area contributed by atoms with Crippen molar-refractivity contribution >= 4 is 17.7 Å². The molecule has 1 aromatic rings. The lowest BCUT2D eigenvalue weighted by Crippen LogP contribution is -2.56. The molecule has 1 saturated carbocycles. The highest BCUT2D eigenvalue weighted by Gasteiger charge is 2.57. The molecule has 0 radical (unpaired) electrons. The van der Waals surface area contributed by atoms with Crippen molar-refractivity contribution in [3.8, 4) is 5.75 Å². The van der Waals surface area contributed by atoms with E-state index in [0.717, 1.165) is 0 Å². The minimum atomic E-state index is -1.70. The summed E-state index contributed by atoms with van der Waals surface area (Å²) in [4.78, 5) is 39.5. The summed E-state index contributed by atoms with van der Waals surface area (Å²) >= 11 is 0. The molecule has 0 heterocycles. The van der Waals surface area contributed by atoms with Gasteiger partial charge in [-0.25, -0.2) is 0 Å². The first-order chi connectivity index (χ1) is 14.1. The van der Waals surface area contributed by atoms with Crippen LogP contribution >= 0.6 is 0 Å². The van der Waals surface area contributed by atoms with Crippen molar-refractivity contribution in [3.05, 3.63) is 29.8 Å². The lowest BCUT2D eigenvalue weighted by Gasteiger charge is -2.44. The number of ketones is 1. The Morgan fingerprint density at radius 3 is 2.10 bits per heavy atom. The molecule has 1 fully saturated rings. The van der Waals surface area contributed by atoms with Gasteiger partial charge in [-0.15, -0.1) is 0 Å². The van der Waals surface area contributed by atoms with Crippen LogP contribution in [0.3, 0.4) is 0 Å². The SMILES string of the molecule is COc1cccc([C@@H]2[C@H](C(=O)OC(C)(C)C)C(=O)C[C@](C)(O)[C@@H]2C(=O)OC(C)(C)C)c1. The predicted molar refractivity (Wildman–Crippen MR) is 115 cm³/mol. The predicted octanol–water partition coefficient (Wildman–Crippen LogP) is 3.42. The van der Waals surface area contributed by atoms with E-state index in [0.29, 0.717) is 11.3 Å². The summed E-state index contributed by atoms with van der Waals surface area (Å²) in [6, 6.07) is 6.79. The standard InChI is InChI=1S/C24H34O7/c1-22(2,3)30-20(26)18-16(25)13-24(7,28)19(21(27)31-23(4,5)6)17(18)14-10-9-11-15(12-14)29-8/h9-12,17-19,28H,13H2,1-8H3/t17-,18-,19+,24+/m1/s1. The van der Waals surface area contributed by atoms with E-state index in [1.54, 1.807) is 65.8 Å². The molecule has 31 heavy (non-hydrogen) atoms. The monoisotopic (exact) mass is 434 g/mol. The molecule has 0 unspecified atom stereocenters. The van der Waals surface area contributed by atoms with Gasteiger partial charge in [0, 0.05) is 12.3 Å². The molecule has 0 spiro atoms. The second-order valence-electron chi connectivity index (χ2n) is 10.3. The molecule has 7 nitrogen and oxygen atoms in total. The molecule has 0 bridgehead atoms. The summed E-state index contributed by atoms with van der Waals surface area (Å²) in [7, 11) is 1.50. The molecule has 4 atom stereocenters. The largest absolute Gasteiger partial charge is 0.497 e. The zero-order chi connectivity index (χ0) is 23.8. The number of Topliss-reactive ketones (excluding diaryl/α,β-unsaturated/α-hetero) is 1. The van der Waals surface area contributed by atoms with Gasteiger partial charge in [0.1, 0.15) is 22.9 Å². The first-order valence-corrected chi connectivity index (χ1v) is 10.4. The second kappa shape index (κ2) is 8.61. The molecular formula is C24H34O7. The number of rotatable bonds is 4. The van der Waals surface area contributed by atoms with Gasteiger partial charge in [0.05, 0.1) is 18.6 Å². The smallest absolute Gasteiger partial charge is 0.317 e. The van der Waals surface area contributed by atoms with E-state index < -0.39 is 52.3 Å². The zero-order valence-corrected chi connectivity index (χ0v) is 19.6. The highest BCUT2D eigenvalue weighted by molar-refractivity contribution is 6.03. The van der Waals surface area contributed by atoms with Gasteiger partial charge < -0.3 is 19.3 Å². The van der Waals surface area contributed by atoms with Crippen molar-refractivity contribution in [2.24, 2.45) is 11.8 Å². The van der Waals surface area contributed by atoms with Crippen molar-refractivity contribution in [3.63, 3.8) is 0 Å². The molecular weight excluding hydrogens is 400 g/mol. The van der Waals surface area contributed by atoms with Gasteiger partial charge in [0.2, 0.25) is 0 Å². The molecule has 7 heteroatoms. The Hall–Kier alpha value is -2.41. The summed E-state index contributed by atoms with van der Waals surface area (Å²) in [6.07, 6.45) is -0.360. The van der Waals surface area contributed by atoms with Crippen LogP contribution in [0.1, 0.15) is 66.4 Å². The summed E-state index contributed by atoms with van der Waals surface area (Å²) < 4.78 is 16.4. The minimum absolute atomic E-state index is 0.360. The van der Waals surface area contributed by atoms with Crippen molar-refractivity contribution in [1.29, 1.82) is 0 Å². The molecule has 0 aromatic heterocycles. The Kier molecular flexibility index (Phi) is 6.91. The number of esters is 2. The fraction of sp³-hybridized carbons (Fsp3) is 0.625. The summed E-state index contributed by atoms with van der Waals surface area (Å²) in [5, 5.41) is 11.2. The topological polar surface area (TPSA) is 99.1 Å². The van der Waals surface area contributed by atoms with Crippen LogP contribution in [0, 0.1) is 11.8 Å². The molecule has 0 aliphatic heterocycles. The molecule has 1 aliphatic rings. The number of carbonyl (C=O) groups is 3. The lowest BCUT2D eigenvalue weighted by atomic mass is 9.61. The molecule has 1 N–H and O–H groups in total. The van der Waals surface area contributed by atoms with E-state index in [9.17, 15) is 19.5 Å². The normalized spacial score (nSPS) is 26.9. The third-order valence-electron chi connectivity index (χ3n) is 5.07. The maximum Gasteiger partial charge on any atom is 0.317 e. The number of benzene rings is 1. The zero-order valence-electron chi connectivity index (χ0n) is 19.6.